The molecule has 0 radical (unpaired) electrons. The summed E-state index contributed by atoms with van der Waals surface area (Å²) < 4.78 is 2.02. The predicted molar refractivity (Wildman–Crippen MR) is 125 cm³/mol. The van der Waals surface area contributed by atoms with Gasteiger partial charge in [0.1, 0.15) is 5.65 Å². The Morgan fingerprint density at radius 2 is 2.09 bits per heavy atom. The van der Waals surface area contributed by atoms with Crippen LogP contribution in [0.15, 0.2) is 24.5 Å². The van der Waals surface area contributed by atoms with Crippen molar-refractivity contribution in [1.29, 1.82) is 5.26 Å². The summed E-state index contributed by atoms with van der Waals surface area (Å²) in [6, 6.07) is 6.68. The smallest absolute Gasteiger partial charge is 0.223 e. The molecule has 3 aromatic heterocycles. The second-order valence-electron chi connectivity index (χ2n) is 8.88. The van der Waals surface area contributed by atoms with E-state index in [0.717, 1.165) is 59.4 Å². The number of hydrogen-bond donors (Lipinski definition) is 3. The van der Waals surface area contributed by atoms with Crippen LogP contribution in [0.5, 0.6) is 0 Å². The van der Waals surface area contributed by atoms with Gasteiger partial charge in [-0.15, -0.1) is 0 Å². The monoisotopic (exact) mass is 433 g/mol. The fourth-order valence-electron chi connectivity index (χ4n) is 4.55. The van der Waals surface area contributed by atoms with Crippen LogP contribution in [-0.2, 0) is 4.79 Å². The minimum atomic E-state index is 0.0365. The second kappa shape index (κ2) is 9.43. The van der Waals surface area contributed by atoms with Gasteiger partial charge in [-0.05, 0) is 58.6 Å². The molecule has 1 saturated carbocycles. The average Bonchev–Trinajstić information content (AvgIpc) is 3.40. The lowest BCUT2D eigenvalue weighted by molar-refractivity contribution is -0.126. The van der Waals surface area contributed by atoms with E-state index in [0.29, 0.717) is 19.1 Å². The van der Waals surface area contributed by atoms with Crippen LogP contribution in [0.1, 0.15) is 51.3 Å². The van der Waals surface area contributed by atoms with Gasteiger partial charge in [0.05, 0.1) is 18.0 Å². The Kier molecular flexibility index (Phi) is 6.45. The number of nitriles is 1. The fraction of sp³-hybridized carbons (Fsp3) is 0.500. The molecule has 1 aliphatic rings. The van der Waals surface area contributed by atoms with E-state index in [4.69, 9.17) is 5.26 Å². The van der Waals surface area contributed by atoms with Crippen molar-refractivity contribution < 1.29 is 4.79 Å². The number of carbonyl (C=O) groups is 1. The lowest BCUT2D eigenvalue weighted by Crippen LogP contribution is -2.35. The fourth-order valence-corrected chi connectivity index (χ4v) is 4.55. The summed E-state index contributed by atoms with van der Waals surface area (Å²) in [6.07, 6.45) is 6.94. The molecule has 1 fully saturated rings. The highest BCUT2D eigenvalue weighted by Crippen LogP contribution is 2.30. The van der Waals surface area contributed by atoms with Gasteiger partial charge < -0.3 is 15.6 Å². The number of anilines is 1. The Hall–Kier alpha value is -3.34. The van der Waals surface area contributed by atoms with E-state index < -0.39 is 0 Å². The third-order valence-electron chi connectivity index (χ3n) is 6.38. The van der Waals surface area contributed by atoms with E-state index in [1.54, 1.807) is 6.20 Å². The summed E-state index contributed by atoms with van der Waals surface area (Å²) in [6.45, 7) is 7.50. The summed E-state index contributed by atoms with van der Waals surface area (Å²) >= 11 is 0. The maximum atomic E-state index is 12.4. The lowest BCUT2D eigenvalue weighted by Gasteiger charge is -2.23. The number of pyridine rings is 1. The molecule has 0 unspecified atom stereocenters. The summed E-state index contributed by atoms with van der Waals surface area (Å²) in [7, 11) is 0. The normalized spacial score (nSPS) is 18.6. The summed E-state index contributed by atoms with van der Waals surface area (Å²) in [5, 5.41) is 21.0. The Labute approximate surface area is 188 Å². The zero-order chi connectivity index (χ0) is 22.7. The first-order chi connectivity index (χ1) is 15.5. The number of carbonyl (C=O) groups excluding carboxylic acids is 1. The van der Waals surface area contributed by atoms with Crippen LogP contribution in [0.25, 0.3) is 22.3 Å². The van der Waals surface area contributed by atoms with Gasteiger partial charge in [-0.2, -0.15) is 10.4 Å². The first-order valence-electron chi connectivity index (χ1n) is 11.4. The topological polar surface area (TPSA) is 111 Å². The second-order valence-corrected chi connectivity index (χ2v) is 8.88. The molecule has 3 aromatic rings. The van der Waals surface area contributed by atoms with Crippen molar-refractivity contribution in [2.75, 3.05) is 18.4 Å². The number of aromatic nitrogens is 4. The standard InChI is InChI=1S/C24H31N7O/c1-15(2)31-16(3)20(14-29-31)22-12-19-21(8-9-27-23(19)30-22)26-10-11-28-24(32)18-6-4-17(13-25)5-7-18/h8-9,12,14-15,17-18H,4-7,10-11H2,1-3H3,(H,28,32)(H2,26,27,30). The molecule has 8 nitrogen and oxygen atoms in total. The zero-order valence-electron chi connectivity index (χ0n) is 19.0. The molecule has 0 bridgehead atoms. The Morgan fingerprint density at radius 1 is 1.31 bits per heavy atom. The highest BCUT2D eigenvalue weighted by atomic mass is 16.1. The molecule has 3 N–H and O–H groups in total. The molecule has 4 rings (SSSR count). The van der Waals surface area contributed by atoms with Gasteiger partial charge in [0.15, 0.2) is 0 Å². The number of fused-ring (bicyclic) bond motifs is 1. The maximum absolute atomic E-state index is 12.4. The number of aromatic amines is 1. The lowest BCUT2D eigenvalue weighted by atomic mass is 9.82. The van der Waals surface area contributed by atoms with Crippen LogP contribution in [0, 0.1) is 30.1 Å². The highest BCUT2D eigenvalue weighted by Gasteiger charge is 2.25. The quantitative estimate of drug-likeness (QED) is 0.484. The maximum Gasteiger partial charge on any atom is 0.223 e. The molecular weight excluding hydrogens is 402 g/mol. The van der Waals surface area contributed by atoms with E-state index in [9.17, 15) is 4.79 Å². The molecule has 0 aliphatic heterocycles. The average molecular weight is 434 g/mol. The van der Waals surface area contributed by atoms with Gasteiger partial charge in [-0.1, -0.05) is 0 Å². The van der Waals surface area contributed by atoms with Gasteiger partial charge in [0.2, 0.25) is 5.91 Å². The first kappa shape index (κ1) is 21.9. The van der Waals surface area contributed by atoms with E-state index in [-0.39, 0.29) is 17.7 Å². The number of nitrogens with zero attached hydrogens (tertiary/aromatic N) is 4. The molecule has 8 heteroatoms. The third kappa shape index (κ3) is 4.47. The molecule has 0 saturated heterocycles. The third-order valence-corrected chi connectivity index (χ3v) is 6.38. The molecule has 32 heavy (non-hydrogen) atoms. The van der Waals surface area contributed by atoms with Gasteiger partial charge in [0, 0.05) is 59.5 Å². The van der Waals surface area contributed by atoms with Crippen molar-refractivity contribution in [3.8, 4) is 17.3 Å². The minimum Gasteiger partial charge on any atom is -0.383 e. The highest BCUT2D eigenvalue weighted by molar-refractivity contribution is 5.93. The molecule has 1 amide bonds. The van der Waals surface area contributed by atoms with Gasteiger partial charge in [0.25, 0.3) is 0 Å². The molecule has 1 aliphatic carbocycles. The van der Waals surface area contributed by atoms with Crippen molar-refractivity contribution in [2.45, 2.75) is 52.5 Å². The SMILES string of the molecule is Cc1c(-c2cc3c(NCCNC(=O)C4CCC(C#N)CC4)ccnc3[nH]2)cnn1C(C)C. The van der Waals surface area contributed by atoms with E-state index in [1.807, 2.05) is 16.9 Å². The number of nitrogens with one attached hydrogen (secondary N) is 3. The van der Waals surface area contributed by atoms with Crippen LogP contribution in [0.3, 0.4) is 0 Å². The Bertz CT molecular complexity index is 1130. The molecule has 3 heterocycles. The Morgan fingerprint density at radius 3 is 2.78 bits per heavy atom. The Balaban J connectivity index is 1.37. The molecule has 0 atom stereocenters. The van der Waals surface area contributed by atoms with Crippen LogP contribution in [0.2, 0.25) is 0 Å². The van der Waals surface area contributed by atoms with Crippen molar-refractivity contribution in [1.82, 2.24) is 25.1 Å². The number of H-pyrrole nitrogens is 1. The largest absolute Gasteiger partial charge is 0.383 e. The molecule has 168 valence electrons. The van der Waals surface area contributed by atoms with Crippen LogP contribution >= 0.6 is 0 Å². The van der Waals surface area contributed by atoms with Crippen molar-refractivity contribution in [3.63, 3.8) is 0 Å². The van der Waals surface area contributed by atoms with E-state index >= 15 is 0 Å². The summed E-state index contributed by atoms with van der Waals surface area (Å²) in [4.78, 5) is 20.3. The van der Waals surface area contributed by atoms with Crippen molar-refractivity contribution in [2.24, 2.45) is 11.8 Å². The first-order valence-corrected chi connectivity index (χ1v) is 11.4. The van der Waals surface area contributed by atoms with E-state index in [2.05, 4.69) is 58.6 Å². The van der Waals surface area contributed by atoms with Gasteiger partial charge in [-0.25, -0.2) is 4.98 Å². The molecule has 0 aromatic carbocycles. The molecule has 0 spiro atoms. The van der Waals surface area contributed by atoms with Crippen molar-refractivity contribution in [3.05, 3.63) is 30.2 Å². The summed E-state index contributed by atoms with van der Waals surface area (Å²) in [5.41, 5.74) is 4.98. The van der Waals surface area contributed by atoms with E-state index in [1.165, 1.54) is 0 Å². The summed E-state index contributed by atoms with van der Waals surface area (Å²) in [5.74, 6) is 0.253. The zero-order valence-corrected chi connectivity index (χ0v) is 19.0. The van der Waals surface area contributed by atoms with Gasteiger partial charge in [-0.3, -0.25) is 9.48 Å². The molecular formula is C24H31N7O. The minimum absolute atomic E-state index is 0.0365. The van der Waals surface area contributed by atoms with Gasteiger partial charge >= 0.3 is 0 Å². The van der Waals surface area contributed by atoms with Crippen LogP contribution < -0.4 is 10.6 Å². The van der Waals surface area contributed by atoms with Crippen molar-refractivity contribution >= 4 is 22.6 Å². The van der Waals surface area contributed by atoms with Crippen LogP contribution in [-0.4, -0.2) is 38.7 Å². The van der Waals surface area contributed by atoms with Crippen LogP contribution in [0.4, 0.5) is 5.69 Å². The number of hydrogen-bond acceptors (Lipinski definition) is 5. The number of amides is 1. The predicted octanol–water partition coefficient (Wildman–Crippen LogP) is 4.17. The number of rotatable bonds is 7.